The van der Waals surface area contributed by atoms with E-state index < -0.39 is 41.6 Å². The molecule has 0 aromatic heterocycles. The number of hydrogen-bond acceptors (Lipinski definition) is 5. The van der Waals surface area contributed by atoms with Gasteiger partial charge in [-0.2, -0.15) is 13.2 Å². The van der Waals surface area contributed by atoms with Crippen LogP contribution >= 0.6 is 0 Å². The van der Waals surface area contributed by atoms with Gasteiger partial charge in [0.1, 0.15) is 12.2 Å². The lowest BCUT2D eigenvalue weighted by molar-refractivity contribution is -0.0990. The molecule has 1 heterocycles. The molecule has 1 fully saturated rings. The number of halogens is 3. The Morgan fingerprint density at radius 2 is 1.79 bits per heavy atom. The lowest BCUT2D eigenvalue weighted by atomic mass is 9.87. The molecule has 2 aliphatic rings. The lowest BCUT2D eigenvalue weighted by Crippen LogP contribution is -2.65. The van der Waals surface area contributed by atoms with Crippen LogP contribution in [0.2, 0.25) is 0 Å². The highest BCUT2D eigenvalue weighted by Gasteiger charge is 2.44. The summed E-state index contributed by atoms with van der Waals surface area (Å²) in [7, 11) is 1.73. The molecule has 1 saturated heterocycles. The monoisotopic (exact) mass is 483 g/mol. The van der Waals surface area contributed by atoms with E-state index in [1.807, 2.05) is 35.2 Å². The summed E-state index contributed by atoms with van der Waals surface area (Å²) >= 11 is 0. The summed E-state index contributed by atoms with van der Waals surface area (Å²) in [6, 6.07) is 7.99. The first-order chi connectivity index (χ1) is 15.8. The van der Waals surface area contributed by atoms with Crippen LogP contribution in [0.25, 0.3) is 0 Å². The Kier molecular flexibility index (Phi) is 7.80. The average molecular weight is 484 g/mol. The second kappa shape index (κ2) is 10.2. The second-order valence-corrected chi connectivity index (χ2v) is 9.75. The van der Waals surface area contributed by atoms with Crippen molar-refractivity contribution in [2.24, 2.45) is 0 Å². The minimum atomic E-state index is -4.43. The number of nitrogens with zero attached hydrogens (tertiary/aromatic N) is 2. The van der Waals surface area contributed by atoms with E-state index in [1.165, 1.54) is 4.90 Å². The van der Waals surface area contributed by atoms with Crippen LogP contribution in [0.4, 0.5) is 22.8 Å². The topological polar surface area (TPSA) is 71.1 Å². The van der Waals surface area contributed by atoms with Crippen molar-refractivity contribution in [1.82, 2.24) is 15.1 Å². The maximum atomic E-state index is 13.4. The van der Waals surface area contributed by atoms with Gasteiger partial charge in [0.2, 0.25) is 0 Å². The number of carbonyl (C=O) groups is 2. The number of ether oxygens (including phenoxy) is 2. The standard InChI is InChI=1S/C24H32F3N3O4/c1-23(2,3)34-21(31)28-19-11-10-17(24(25,26)27)12-20(19)29(4)18-13-30(14-18)22(32)33-15-16-8-6-5-7-9-16/h5-10,18-20H,11-15H2,1-4H3,(H,28,31)/t19?,20-/m0/s1. The lowest BCUT2D eigenvalue weighted by Gasteiger charge is -2.48. The van der Waals surface area contributed by atoms with Crippen LogP contribution in [0.3, 0.4) is 0 Å². The van der Waals surface area contributed by atoms with Crippen LogP contribution in [-0.2, 0) is 16.1 Å². The van der Waals surface area contributed by atoms with Gasteiger partial charge in [-0.1, -0.05) is 36.4 Å². The molecule has 3 rings (SSSR count). The van der Waals surface area contributed by atoms with E-state index in [1.54, 1.807) is 27.8 Å². The molecule has 0 bridgehead atoms. The molecule has 188 valence electrons. The molecule has 7 nitrogen and oxygen atoms in total. The van der Waals surface area contributed by atoms with E-state index in [4.69, 9.17) is 9.47 Å². The van der Waals surface area contributed by atoms with E-state index in [9.17, 15) is 22.8 Å². The molecule has 1 aliphatic heterocycles. The molecule has 0 saturated carbocycles. The largest absolute Gasteiger partial charge is 0.445 e. The molecule has 1 aliphatic carbocycles. The van der Waals surface area contributed by atoms with Crippen molar-refractivity contribution in [3.8, 4) is 0 Å². The van der Waals surface area contributed by atoms with E-state index in [2.05, 4.69) is 5.32 Å². The Hall–Kier alpha value is -2.75. The summed E-state index contributed by atoms with van der Waals surface area (Å²) < 4.78 is 50.9. The molecule has 1 unspecified atom stereocenters. The predicted octanol–water partition coefficient (Wildman–Crippen LogP) is 4.48. The highest BCUT2D eigenvalue weighted by atomic mass is 19.4. The normalized spacial score (nSPS) is 21.5. The third kappa shape index (κ3) is 6.88. The zero-order valence-electron chi connectivity index (χ0n) is 19.9. The summed E-state index contributed by atoms with van der Waals surface area (Å²) in [5, 5.41) is 2.73. The van der Waals surface area contributed by atoms with Gasteiger partial charge in [-0.25, -0.2) is 9.59 Å². The summed E-state index contributed by atoms with van der Waals surface area (Å²) in [5.74, 6) is 0. The fourth-order valence-electron chi connectivity index (χ4n) is 4.09. The summed E-state index contributed by atoms with van der Waals surface area (Å²) in [4.78, 5) is 28.0. The highest BCUT2D eigenvalue weighted by molar-refractivity contribution is 5.69. The Labute approximate surface area is 197 Å². The molecule has 1 N–H and O–H groups in total. The number of hydrogen-bond donors (Lipinski definition) is 1. The third-order valence-electron chi connectivity index (χ3n) is 6.00. The fourth-order valence-corrected chi connectivity index (χ4v) is 4.09. The Bertz CT molecular complexity index is 893. The Morgan fingerprint density at radius 3 is 2.38 bits per heavy atom. The van der Waals surface area contributed by atoms with Gasteiger partial charge in [0.05, 0.1) is 6.04 Å². The SMILES string of the molecule is CN(C1CN(C(=O)OCc2ccccc2)C1)[C@H]1CC(C(F)(F)F)=CCC1NC(=O)OC(C)(C)C. The number of amides is 2. The second-order valence-electron chi connectivity index (χ2n) is 9.75. The number of likely N-dealkylation sites (N-methyl/N-ethyl adjacent to an activating group) is 1. The minimum Gasteiger partial charge on any atom is -0.445 e. The fraction of sp³-hybridized carbons (Fsp3) is 0.583. The predicted molar refractivity (Wildman–Crippen MR) is 120 cm³/mol. The maximum absolute atomic E-state index is 13.4. The van der Waals surface area contributed by atoms with E-state index in [-0.39, 0.29) is 25.5 Å². The summed E-state index contributed by atoms with van der Waals surface area (Å²) in [6.45, 7) is 5.99. The highest BCUT2D eigenvalue weighted by Crippen LogP contribution is 2.36. The van der Waals surface area contributed by atoms with Crippen molar-refractivity contribution < 1.29 is 32.2 Å². The van der Waals surface area contributed by atoms with Gasteiger partial charge in [-0.15, -0.1) is 0 Å². The number of alkyl carbamates (subject to hydrolysis) is 1. The number of benzene rings is 1. The zero-order valence-corrected chi connectivity index (χ0v) is 19.9. The number of alkyl halides is 3. The molecule has 0 spiro atoms. The molecule has 0 radical (unpaired) electrons. The van der Waals surface area contributed by atoms with Crippen molar-refractivity contribution in [3.63, 3.8) is 0 Å². The summed E-state index contributed by atoms with van der Waals surface area (Å²) in [5.41, 5.74) is -0.457. The first-order valence-corrected chi connectivity index (χ1v) is 11.3. The van der Waals surface area contributed by atoms with E-state index >= 15 is 0 Å². The number of carbonyl (C=O) groups excluding carboxylic acids is 2. The molecular weight excluding hydrogens is 451 g/mol. The number of nitrogens with one attached hydrogen (secondary N) is 1. The molecule has 1 aromatic rings. The van der Waals surface area contributed by atoms with Crippen molar-refractivity contribution in [2.45, 2.75) is 70.1 Å². The van der Waals surface area contributed by atoms with Crippen LogP contribution in [0, 0.1) is 0 Å². The quantitative estimate of drug-likeness (QED) is 0.626. The van der Waals surface area contributed by atoms with E-state index in [0.717, 1.165) is 11.6 Å². The minimum absolute atomic E-state index is 0.0403. The van der Waals surface area contributed by atoms with Gasteiger partial charge >= 0.3 is 18.4 Å². The third-order valence-corrected chi connectivity index (χ3v) is 6.00. The van der Waals surface area contributed by atoms with Gasteiger partial charge in [0.25, 0.3) is 0 Å². The first-order valence-electron chi connectivity index (χ1n) is 11.3. The van der Waals surface area contributed by atoms with Crippen LogP contribution in [0.15, 0.2) is 42.0 Å². The zero-order chi connectivity index (χ0) is 25.1. The average Bonchev–Trinajstić information content (AvgIpc) is 2.70. The van der Waals surface area contributed by atoms with Crippen LogP contribution in [0.5, 0.6) is 0 Å². The molecule has 1 aromatic carbocycles. The first kappa shape index (κ1) is 25.9. The van der Waals surface area contributed by atoms with Gasteiger partial charge in [-0.05, 0) is 46.2 Å². The molecule has 34 heavy (non-hydrogen) atoms. The van der Waals surface area contributed by atoms with Crippen molar-refractivity contribution in [1.29, 1.82) is 0 Å². The van der Waals surface area contributed by atoms with Gasteiger partial charge in [0, 0.05) is 30.7 Å². The molecule has 2 amide bonds. The molecular formula is C24H32F3N3O4. The van der Waals surface area contributed by atoms with E-state index in [0.29, 0.717) is 13.1 Å². The van der Waals surface area contributed by atoms with Crippen LogP contribution in [0.1, 0.15) is 39.2 Å². The number of likely N-dealkylation sites (tertiary alicyclic amines) is 1. The van der Waals surface area contributed by atoms with Crippen LogP contribution in [-0.4, -0.2) is 72.0 Å². The van der Waals surface area contributed by atoms with Crippen molar-refractivity contribution in [2.75, 3.05) is 20.1 Å². The molecule has 2 atom stereocenters. The summed E-state index contributed by atoms with van der Waals surface area (Å²) in [6.07, 6.45) is -4.63. The van der Waals surface area contributed by atoms with Gasteiger partial charge in [-0.3, -0.25) is 4.90 Å². The van der Waals surface area contributed by atoms with Gasteiger partial charge < -0.3 is 19.7 Å². The van der Waals surface area contributed by atoms with Crippen molar-refractivity contribution in [3.05, 3.63) is 47.5 Å². The van der Waals surface area contributed by atoms with Crippen LogP contribution < -0.4 is 5.32 Å². The Balaban J connectivity index is 1.59. The maximum Gasteiger partial charge on any atom is 0.412 e. The van der Waals surface area contributed by atoms with Crippen molar-refractivity contribution >= 4 is 12.2 Å². The molecule has 10 heteroatoms. The Morgan fingerprint density at radius 1 is 1.15 bits per heavy atom. The number of rotatable bonds is 5. The van der Waals surface area contributed by atoms with Gasteiger partial charge in [0.15, 0.2) is 0 Å². The smallest absolute Gasteiger partial charge is 0.412 e.